The van der Waals surface area contributed by atoms with Crippen molar-refractivity contribution < 1.29 is 9.47 Å². The van der Waals surface area contributed by atoms with Crippen molar-refractivity contribution in [2.24, 2.45) is 4.99 Å². The van der Waals surface area contributed by atoms with Crippen molar-refractivity contribution in [2.75, 3.05) is 53.5 Å². The van der Waals surface area contributed by atoms with E-state index < -0.39 is 0 Å². The van der Waals surface area contributed by atoms with E-state index in [2.05, 4.69) is 20.1 Å². The van der Waals surface area contributed by atoms with E-state index in [1.165, 1.54) is 19.4 Å². The minimum absolute atomic E-state index is 0. The number of benzene rings is 1. The fraction of sp³-hybridized carbons (Fsp3) is 0.632. The lowest BCUT2D eigenvalue weighted by atomic mass is 10.2. The lowest BCUT2D eigenvalue weighted by Gasteiger charge is -2.35. The fourth-order valence-corrected chi connectivity index (χ4v) is 3.66. The topological polar surface area (TPSA) is 49.3 Å². The molecular weight excluding hydrogens is 479 g/mol. The highest BCUT2D eigenvalue weighted by molar-refractivity contribution is 14.0. The Morgan fingerprint density at radius 2 is 2.19 bits per heavy atom. The molecule has 1 N–H and O–H groups in total. The number of nitrogens with one attached hydrogen (secondary N) is 1. The van der Waals surface area contributed by atoms with Gasteiger partial charge in [0.2, 0.25) is 0 Å². The van der Waals surface area contributed by atoms with E-state index in [0.717, 1.165) is 38.0 Å². The van der Waals surface area contributed by atoms with Gasteiger partial charge in [-0.2, -0.15) is 0 Å². The SMILES string of the molecule is CN=C(NCC1CN2CCCC2CO1)N(C)CCOc1ccc(Cl)cc1.I. The maximum atomic E-state index is 6.00. The molecule has 0 saturated carbocycles. The summed E-state index contributed by atoms with van der Waals surface area (Å²) >= 11 is 5.88. The average molecular weight is 509 g/mol. The van der Waals surface area contributed by atoms with E-state index in [0.29, 0.717) is 17.7 Å². The Hall–Kier alpha value is -0.770. The van der Waals surface area contributed by atoms with Gasteiger partial charge in [0, 0.05) is 38.2 Å². The van der Waals surface area contributed by atoms with Crippen molar-refractivity contribution in [1.82, 2.24) is 15.1 Å². The summed E-state index contributed by atoms with van der Waals surface area (Å²) in [6.45, 7) is 5.17. The van der Waals surface area contributed by atoms with Gasteiger partial charge in [-0.1, -0.05) is 11.6 Å². The molecule has 0 amide bonds. The van der Waals surface area contributed by atoms with Crippen LogP contribution in [0.3, 0.4) is 0 Å². The number of ether oxygens (including phenoxy) is 2. The molecule has 2 saturated heterocycles. The van der Waals surface area contributed by atoms with E-state index in [9.17, 15) is 0 Å². The van der Waals surface area contributed by atoms with Gasteiger partial charge in [0.15, 0.2) is 5.96 Å². The Morgan fingerprint density at radius 1 is 1.41 bits per heavy atom. The van der Waals surface area contributed by atoms with Crippen LogP contribution in [0.25, 0.3) is 0 Å². The molecule has 0 spiro atoms. The minimum atomic E-state index is 0. The predicted octanol–water partition coefficient (Wildman–Crippen LogP) is 2.71. The molecule has 2 fully saturated rings. The van der Waals surface area contributed by atoms with Crippen molar-refractivity contribution >= 4 is 41.5 Å². The number of rotatable bonds is 6. The second kappa shape index (κ2) is 11.3. The van der Waals surface area contributed by atoms with Crippen LogP contribution in [-0.2, 0) is 4.74 Å². The van der Waals surface area contributed by atoms with Crippen LogP contribution in [-0.4, -0.2) is 81.4 Å². The summed E-state index contributed by atoms with van der Waals surface area (Å²) in [5, 5.41) is 4.14. The summed E-state index contributed by atoms with van der Waals surface area (Å²) < 4.78 is 11.8. The van der Waals surface area contributed by atoms with Gasteiger partial charge in [-0.15, -0.1) is 24.0 Å². The van der Waals surface area contributed by atoms with Crippen LogP contribution in [0.4, 0.5) is 0 Å². The van der Waals surface area contributed by atoms with E-state index in [1.54, 1.807) is 7.05 Å². The molecule has 2 heterocycles. The zero-order valence-electron chi connectivity index (χ0n) is 16.1. The summed E-state index contributed by atoms with van der Waals surface area (Å²) in [5.74, 6) is 1.68. The summed E-state index contributed by atoms with van der Waals surface area (Å²) in [6.07, 6.45) is 2.80. The third-order valence-electron chi connectivity index (χ3n) is 5.03. The van der Waals surface area contributed by atoms with Crippen LogP contribution in [0.5, 0.6) is 5.75 Å². The lowest BCUT2D eigenvalue weighted by Crippen LogP contribution is -2.51. The lowest BCUT2D eigenvalue weighted by molar-refractivity contribution is -0.0454. The van der Waals surface area contributed by atoms with E-state index in [4.69, 9.17) is 21.1 Å². The molecule has 1 aromatic rings. The van der Waals surface area contributed by atoms with Gasteiger partial charge in [0.25, 0.3) is 0 Å². The van der Waals surface area contributed by atoms with Gasteiger partial charge in [-0.3, -0.25) is 9.89 Å². The first-order valence-electron chi connectivity index (χ1n) is 9.31. The second-order valence-electron chi connectivity index (χ2n) is 6.90. The molecule has 0 radical (unpaired) electrons. The summed E-state index contributed by atoms with van der Waals surface area (Å²) in [5.41, 5.74) is 0. The van der Waals surface area contributed by atoms with Crippen LogP contribution in [0.15, 0.2) is 29.3 Å². The molecule has 2 atom stereocenters. The van der Waals surface area contributed by atoms with Gasteiger partial charge < -0.3 is 19.7 Å². The number of likely N-dealkylation sites (N-methyl/N-ethyl adjacent to an activating group) is 1. The van der Waals surface area contributed by atoms with Gasteiger partial charge in [-0.25, -0.2) is 0 Å². The van der Waals surface area contributed by atoms with Gasteiger partial charge in [0.1, 0.15) is 12.4 Å². The van der Waals surface area contributed by atoms with Crippen LogP contribution < -0.4 is 10.1 Å². The predicted molar refractivity (Wildman–Crippen MR) is 121 cm³/mol. The molecule has 0 bridgehead atoms. The highest BCUT2D eigenvalue weighted by Crippen LogP contribution is 2.22. The van der Waals surface area contributed by atoms with E-state index in [1.807, 2.05) is 31.3 Å². The number of hydrogen-bond acceptors (Lipinski definition) is 4. The fourth-order valence-electron chi connectivity index (χ4n) is 3.54. The van der Waals surface area contributed by atoms with Crippen LogP contribution in [0, 0.1) is 0 Å². The van der Waals surface area contributed by atoms with Crippen molar-refractivity contribution in [2.45, 2.75) is 25.0 Å². The maximum absolute atomic E-state index is 6.00. The Balaban J connectivity index is 0.00000261. The molecule has 1 aromatic carbocycles. The third kappa shape index (κ3) is 6.66. The first-order valence-corrected chi connectivity index (χ1v) is 9.69. The number of hydrogen-bond donors (Lipinski definition) is 1. The number of morpholine rings is 1. The normalized spacial score (nSPS) is 22.7. The van der Waals surface area contributed by atoms with Crippen molar-refractivity contribution in [1.29, 1.82) is 0 Å². The molecule has 2 unspecified atom stereocenters. The zero-order chi connectivity index (χ0) is 18.4. The van der Waals surface area contributed by atoms with Gasteiger partial charge in [-0.05, 0) is 43.7 Å². The first-order chi connectivity index (χ1) is 12.7. The zero-order valence-corrected chi connectivity index (χ0v) is 19.2. The van der Waals surface area contributed by atoms with Crippen molar-refractivity contribution in [3.05, 3.63) is 29.3 Å². The second-order valence-corrected chi connectivity index (χ2v) is 7.33. The van der Waals surface area contributed by atoms with Gasteiger partial charge in [0.05, 0.1) is 19.3 Å². The summed E-state index contributed by atoms with van der Waals surface area (Å²) in [4.78, 5) is 8.99. The number of halogens is 2. The average Bonchev–Trinajstić information content (AvgIpc) is 3.11. The molecule has 6 nitrogen and oxygen atoms in total. The molecule has 8 heteroatoms. The quantitative estimate of drug-likeness (QED) is 0.364. The van der Waals surface area contributed by atoms with Crippen LogP contribution in [0.2, 0.25) is 5.02 Å². The highest BCUT2D eigenvalue weighted by Gasteiger charge is 2.32. The highest BCUT2D eigenvalue weighted by atomic mass is 127. The molecule has 0 aliphatic carbocycles. The monoisotopic (exact) mass is 508 g/mol. The Kier molecular flexibility index (Phi) is 9.41. The summed E-state index contributed by atoms with van der Waals surface area (Å²) in [7, 11) is 3.82. The maximum Gasteiger partial charge on any atom is 0.193 e. The number of guanidine groups is 1. The molecule has 27 heavy (non-hydrogen) atoms. The van der Waals surface area contributed by atoms with Crippen LogP contribution in [0.1, 0.15) is 12.8 Å². The first kappa shape index (κ1) is 22.5. The summed E-state index contributed by atoms with van der Waals surface area (Å²) in [6, 6.07) is 8.05. The molecular formula is C19H30ClIN4O2. The smallest absolute Gasteiger partial charge is 0.193 e. The van der Waals surface area contributed by atoms with Crippen molar-refractivity contribution in [3.63, 3.8) is 0 Å². The largest absolute Gasteiger partial charge is 0.492 e. The molecule has 3 rings (SSSR count). The molecule has 152 valence electrons. The van der Waals surface area contributed by atoms with E-state index >= 15 is 0 Å². The Morgan fingerprint density at radius 3 is 2.93 bits per heavy atom. The molecule has 2 aliphatic rings. The number of aliphatic imine (C=N–C) groups is 1. The molecule has 0 aromatic heterocycles. The number of nitrogens with zero attached hydrogens (tertiary/aromatic N) is 3. The van der Waals surface area contributed by atoms with E-state index in [-0.39, 0.29) is 30.1 Å². The Bertz CT molecular complexity index is 602. The Labute approximate surface area is 184 Å². The van der Waals surface area contributed by atoms with Crippen molar-refractivity contribution in [3.8, 4) is 5.75 Å². The van der Waals surface area contributed by atoms with Gasteiger partial charge >= 0.3 is 0 Å². The minimum Gasteiger partial charge on any atom is -0.492 e. The third-order valence-corrected chi connectivity index (χ3v) is 5.28. The number of fused-ring (bicyclic) bond motifs is 1. The standard InChI is InChI=1S/C19H29ClN4O2.HI/c1-21-19(22-12-18-13-24-9-3-4-16(24)14-26-18)23(2)10-11-25-17-7-5-15(20)6-8-17;/h5-8,16,18H,3-4,9-14H2,1-2H3,(H,21,22);1H. The van der Waals surface area contributed by atoms with Crippen LogP contribution >= 0.6 is 35.6 Å². The molecule has 2 aliphatic heterocycles.